The maximum atomic E-state index is 4.35. The molecular weight excluding hydrogens is 380 g/mol. The Morgan fingerprint density at radius 1 is 1.08 bits per heavy atom. The predicted octanol–water partition coefficient (Wildman–Crippen LogP) is 3.80. The van der Waals surface area contributed by atoms with Crippen LogP contribution in [0.5, 0.6) is 0 Å². The standard InChI is InChI=1S/C18H15BrN6/c1-25-18-15(16(19)24-25)17(22-11-23-18)21-9-12-4-6-13(7-5-12)14-3-2-8-20-10-14/h2-8,10-11H,9H2,1H3,(H,21,22,23). The lowest BCUT2D eigenvalue weighted by Crippen LogP contribution is -2.02. The van der Waals surface area contributed by atoms with Gasteiger partial charge in [0.2, 0.25) is 0 Å². The Morgan fingerprint density at radius 3 is 2.68 bits per heavy atom. The molecule has 1 aromatic carbocycles. The van der Waals surface area contributed by atoms with E-state index in [1.54, 1.807) is 17.2 Å². The Bertz CT molecular complexity index is 1010. The van der Waals surface area contributed by atoms with Gasteiger partial charge in [0.15, 0.2) is 5.65 Å². The first kappa shape index (κ1) is 15.7. The second-order valence-corrected chi connectivity index (χ2v) is 6.38. The Kier molecular flexibility index (Phi) is 4.15. The third kappa shape index (κ3) is 3.10. The van der Waals surface area contributed by atoms with Gasteiger partial charge in [0.05, 0.1) is 5.39 Å². The number of pyridine rings is 1. The molecule has 0 aliphatic rings. The first-order valence-electron chi connectivity index (χ1n) is 7.79. The average Bonchev–Trinajstić information content (AvgIpc) is 2.96. The second kappa shape index (κ2) is 6.60. The van der Waals surface area contributed by atoms with Gasteiger partial charge in [-0.15, -0.1) is 0 Å². The van der Waals surface area contributed by atoms with Gasteiger partial charge in [-0.25, -0.2) is 14.6 Å². The number of anilines is 1. The summed E-state index contributed by atoms with van der Waals surface area (Å²) < 4.78 is 2.47. The van der Waals surface area contributed by atoms with Crippen molar-refractivity contribution in [3.05, 3.63) is 65.3 Å². The van der Waals surface area contributed by atoms with E-state index in [0.717, 1.165) is 32.6 Å². The minimum Gasteiger partial charge on any atom is -0.365 e. The summed E-state index contributed by atoms with van der Waals surface area (Å²) in [5.74, 6) is 0.765. The summed E-state index contributed by atoms with van der Waals surface area (Å²) >= 11 is 3.47. The molecule has 4 aromatic rings. The Morgan fingerprint density at radius 2 is 1.92 bits per heavy atom. The molecule has 0 aliphatic heterocycles. The molecule has 6 nitrogen and oxygen atoms in total. The molecule has 0 amide bonds. The van der Waals surface area contributed by atoms with Gasteiger partial charge in [0.1, 0.15) is 16.7 Å². The summed E-state index contributed by atoms with van der Waals surface area (Å²) in [6.45, 7) is 0.667. The molecule has 124 valence electrons. The fraction of sp³-hybridized carbons (Fsp3) is 0.111. The van der Waals surface area contributed by atoms with Crippen LogP contribution >= 0.6 is 15.9 Å². The van der Waals surface area contributed by atoms with Crippen LogP contribution in [-0.2, 0) is 13.6 Å². The van der Waals surface area contributed by atoms with Crippen molar-refractivity contribution in [3.63, 3.8) is 0 Å². The molecule has 1 N–H and O–H groups in total. The molecule has 7 heteroatoms. The van der Waals surface area contributed by atoms with Gasteiger partial charge >= 0.3 is 0 Å². The maximum absolute atomic E-state index is 4.35. The van der Waals surface area contributed by atoms with Crippen LogP contribution in [0.15, 0.2) is 59.7 Å². The van der Waals surface area contributed by atoms with Crippen molar-refractivity contribution in [3.8, 4) is 11.1 Å². The highest BCUT2D eigenvalue weighted by Crippen LogP contribution is 2.27. The van der Waals surface area contributed by atoms with Gasteiger partial charge in [-0.1, -0.05) is 30.3 Å². The van der Waals surface area contributed by atoms with Crippen molar-refractivity contribution in [1.82, 2.24) is 24.7 Å². The number of nitrogens with one attached hydrogen (secondary N) is 1. The van der Waals surface area contributed by atoms with E-state index in [0.29, 0.717) is 6.54 Å². The molecule has 0 saturated heterocycles. The molecule has 0 bridgehead atoms. The zero-order valence-corrected chi connectivity index (χ0v) is 15.1. The van der Waals surface area contributed by atoms with Gasteiger partial charge in [-0.05, 0) is 38.7 Å². The number of fused-ring (bicyclic) bond motifs is 1. The van der Waals surface area contributed by atoms with Crippen LogP contribution in [0.2, 0.25) is 0 Å². The average molecular weight is 395 g/mol. The summed E-state index contributed by atoms with van der Waals surface area (Å²) in [4.78, 5) is 12.8. The van der Waals surface area contributed by atoms with Crippen LogP contribution in [0.4, 0.5) is 5.82 Å². The van der Waals surface area contributed by atoms with E-state index in [1.807, 2.05) is 19.3 Å². The molecule has 0 fully saturated rings. The Labute approximate surface area is 153 Å². The zero-order valence-electron chi connectivity index (χ0n) is 13.5. The minimum atomic E-state index is 0.667. The molecule has 0 unspecified atom stereocenters. The lowest BCUT2D eigenvalue weighted by molar-refractivity contribution is 0.777. The van der Waals surface area contributed by atoms with Crippen molar-refractivity contribution in [2.75, 3.05) is 5.32 Å². The highest BCUT2D eigenvalue weighted by atomic mass is 79.9. The fourth-order valence-corrected chi connectivity index (χ4v) is 3.31. The third-order valence-corrected chi connectivity index (χ3v) is 4.54. The summed E-state index contributed by atoms with van der Waals surface area (Å²) in [5.41, 5.74) is 4.21. The molecule has 0 spiro atoms. The number of nitrogens with zero attached hydrogens (tertiary/aromatic N) is 5. The van der Waals surface area contributed by atoms with Gasteiger partial charge in [0.25, 0.3) is 0 Å². The molecule has 0 radical (unpaired) electrons. The SMILES string of the molecule is Cn1nc(Br)c2c(NCc3ccc(-c4cccnc4)cc3)ncnc21. The van der Waals surface area contributed by atoms with E-state index in [9.17, 15) is 0 Å². The molecule has 0 saturated carbocycles. The number of hydrogen-bond acceptors (Lipinski definition) is 5. The molecule has 3 heterocycles. The number of rotatable bonds is 4. The zero-order chi connectivity index (χ0) is 17.2. The van der Waals surface area contributed by atoms with Crippen LogP contribution in [0.25, 0.3) is 22.2 Å². The number of halogens is 1. The van der Waals surface area contributed by atoms with Crippen molar-refractivity contribution in [1.29, 1.82) is 0 Å². The van der Waals surface area contributed by atoms with Crippen LogP contribution in [0.3, 0.4) is 0 Å². The van der Waals surface area contributed by atoms with E-state index in [2.05, 4.69) is 71.6 Å². The predicted molar refractivity (Wildman–Crippen MR) is 101 cm³/mol. The quantitative estimate of drug-likeness (QED) is 0.569. The van der Waals surface area contributed by atoms with Gasteiger partial charge in [0, 0.05) is 26.0 Å². The lowest BCUT2D eigenvalue weighted by atomic mass is 10.1. The molecule has 0 atom stereocenters. The summed E-state index contributed by atoms with van der Waals surface area (Å²) in [6.07, 6.45) is 5.19. The van der Waals surface area contributed by atoms with Crippen molar-refractivity contribution >= 4 is 32.8 Å². The normalized spacial score (nSPS) is 11.0. The third-order valence-electron chi connectivity index (χ3n) is 3.99. The minimum absolute atomic E-state index is 0.667. The number of hydrogen-bond donors (Lipinski definition) is 1. The monoisotopic (exact) mass is 394 g/mol. The van der Waals surface area contributed by atoms with Crippen LogP contribution in [-0.4, -0.2) is 24.7 Å². The van der Waals surface area contributed by atoms with Gasteiger partial charge in [-0.3, -0.25) is 4.98 Å². The van der Waals surface area contributed by atoms with E-state index in [1.165, 1.54) is 5.56 Å². The largest absolute Gasteiger partial charge is 0.365 e. The molecule has 4 rings (SSSR count). The van der Waals surface area contributed by atoms with E-state index >= 15 is 0 Å². The summed E-state index contributed by atoms with van der Waals surface area (Å²) in [7, 11) is 1.86. The number of aromatic nitrogens is 5. The van der Waals surface area contributed by atoms with Crippen molar-refractivity contribution < 1.29 is 0 Å². The number of benzene rings is 1. The van der Waals surface area contributed by atoms with Gasteiger partial charge < -0.3 is 5.32 Å². The first-order valence-corrected chi connectivity index (χ1v) is 8.58. The molecular formula is C18H15BrN6. The van der Waals surface area contributed by atoms with Gasteiger partial charge in [-0.2, -0.15) is 5.10 Å². The highest BCUT2D eigenvalue weighted by Gasteiger charge is 2.12. The Hall–Kier alpha value is -2.80. The molecule has 3 aromatic heterocycles. The lowest BCUT2D eigenvalue weighted by Gasteiger charge is -2.08. The molecule has 25 heavy (non-hydrogen) atoms. The Balaban J connectivity index is 1.54. The summed E-state index contributed by atoms with van der Waals surface area (Å²) in [6, 6.07) is 12.4. The smallest absolute Gasteiger partial charge is 0.164 e. The summed E-state index contributed by atoms with van der Waals surface area (Å²) in [5, 5.41) is 8.59. The van der Waals surface area contributed by atoms with Crippen molar-refractivity contribution in [2.24, 2.45) is 7.05 Å². The highest BCUT2D eigenvalue weighted by molar-refractivity contribution is 9.10. The maximum Gasteiger partial charge on any atom is 0.164 e. The molecule has 0 aliphatic carbocycles. The van der Waals surface area contributed by atoms with E-state index < -0.39 is 0 Å². The van der Waals surface area contributed by atoms with Crippen LogP contribution in [0, 0.1) is 0 Å². The fourth-order valence-electron chi connectivity index (χ4n) is 2.71. The second-order valence-electron chi connectivity index (χ2n) is 5.63. The topological polar surface area (TPSA) is 68.5 Å². The number of aryl methyl sites for hydroxylation is 1. The van der Waals surface area contributed by atoms with E-state index in [4.69, 9.17) is 0 Å². The van der Waals surface area contributed by atoms with Crippen LogP contribution < -0.4 is 5.32 Å². The van der Waals surface area contributed by atoms with Crippen LogP contribution in [0.1, 0.15) is 5.56 Å². The first-order chi connectivity index (χ1) is 12.2. The van der Waals surface area contributed by atoms with Crippen molar-refractivity contribution in [2.45, 2.75) is 6.54 Å². The van der Waals surface area contributed by atoms with E-state index in [-0.39, 0.29) is 0 Å².